The summed E-state index contributed by atoms with van der Waals surface area (Å²) in [6, 6.07) is 13.0. The van der Waals surface area contributed by atoms with Crippen LogP contribution in [0.15, 0.2) is 36.4 Å². The largest absolute Gasteiger partial charge is 0.247 e. The van der Waals surface area contributed by atoms with Gasteiger partial charge in [0.05, 0.1) is 11.4 Å². The number of nitrogens with zero attached hydrogens (tertiary/aromatic N) is 1. The molecule has 0 aliphatic carbocycles. The van der Waals surface area contributed by atoms with Gasteiger partial charge in [-0.15, -0.1) is 0 Å². The van der Waals surface area contributed by atoms with Crippen molar-refractivity contribution in [3.8, 4) is 11.1 Å². The quantitative estimate of drug-likeness (QED) is 0.405. The monoisotopic (exact) mass is 306 g/mol. The van der Waals surface area contributed by atoms with Crippen LogP contribution < -0.4 is 5.32 Å². The fourth-order valence-electron chi connectivity index (χ4n) is 3.58. The minimum atomic E-state index is 1.13. The lowest BCUT2D eigenvalue weighted by atomic mass is 9.95. The van der Waals surface area contributed by atoms with Crippen LogP contribution in [-0.2, 0) is 6.42 Å². The summed E-state index contributed by atoms with van der Waals surface area (Å²) in [7, 11) is 0. The van der Waals surface area contributed by atoms with E-state index in [-0.39, 0.29) is 0 Å². The Bertz CT molecular complexity index is 657. The number of hydrogen-bond acceptors (Lipinski definition) is 0. The van der Waals surface area contributed by atoms with E-state index in [0.717, 1.165) is 5.69 Å². The highest BCUT2D eigenvalue weighted by Crippen LogP contribution is 2.45. The van der Waals surface area contributed by atoms with Gasteiger partial charge in [-0.2, -0.15) is 0 Å². The highest BCUT2D eigenvalue weighted by molar-refractivity contribution is 5.92. The smallest absolute Gasteiger partial charge is 0.0750 e. The average molecular weight is 306 g/mol. The lowest BCUT2D eigenvalue weighted by Crippen LogP contribution is -1.96. The Morgan fingerprint density at radius 2 is 1.52 bits per heavy atom. The molecule has 0 amide bonds. The molecule has 1 radical (unpaired) electrons. The summed E-state index contributed by atoms with van der Waals surface area (Å²) in [5, 5.41) is 4.92. The minimum Gasteiger partial charge on any atom is -0.247 e. The van der Waals surface area contributed by atoms with Crippen LogP contribution >= 0.6 is 0 Å². The van der Waals surface area contributed by atoms with E-state index in [1.807, 2.05) is 0 Å². The molecule has 0 spiro atoms. The normalized spacial score (nSPS) is 11.9. The molecule has 2 aromatic rings. The molecule has 0 aromatic heterocycles. The number of para-hydroxylation sites is 1. The molecule has 0 unspecified atom stereocenters. The van der Waals surface area contributed by atoms with Crippen LogP contribution in [-0.4, -0.2) is 0 Å². The number of hydrogen-bond donors (Lipinski definition) is 0. The van der Waals surface area contributed by atoms with Gasteiger partial charge in [-0.05, 0) is 37.0 Å². The van der Waals surface area contributed by atoms with E-state index in [2.05, 4.69) is 50.2 Å². The van der Waals surface area contributed by atoms with Crippen LogP contribution in [0.2, 0.25) is 0 Å². The third kappa shape index (κ3) is 3.60. The highest BCUT2D eigenvalue weighted by Gasteiger charge is 2.22. The van der Waals surface area contributed by atoms with Crippen LogP contribution in [0, 0.1) is 6.92 Å². The fraction of sp³-hybridized carbons (Fsp3) is 0.455. The third-order valence-corrected chi connectivity index (χ3v) is 4.97. The first-order chi connectivity index (χ1) is 11.3. The van der Waals surface area contributed by atoms with E-state index in [1.54, 1.807) is 0 Å². The summed E-state index contributed by atoms with van der Waals surface area (Å²) in [4.78, 5) is 0. The molecule has 1 heterocycles. The summed E-state index contributed by atoms with van der Waals surface area (Å²) < 4.78 is 0. The second-order valence-corrected chi connectivity index (χ2v) is 6.76. The van der Waals surface area contributed by atoms with Crippen molar-refractivity contribution in [2.24, 2.45) is 0 Å². The second kappa shape index (κ2) is 7.68. The first kappa shape index (κ1) is 16.1. The molecule has 1 heteroatoms. The molecule has 1 aliphatic heterocycles. The predicted octanol–water partition coefficient (Wildman–Crippen LogP) is 6.84. The Kier molecular flexibility index (Phi) is 5.38. The van der Waals surface area contributed by atoms with E-state index < -0.39 is 0 Å². The van der Waals surface area contributed by atoms with Gasteiger partial charge in [-0.3, -0.25) is 0 Å². The van der Waals surface area contributed by atoms with Crippen molar-refractivity contribution in [2.75, 3.05) is 0 Å². The van der Waals surface area contributed by atoms with Gasteiger partial charge in [0.1, 0.15) is 0 Å². The van der Waals surface area contributed by atoms with Crippen LogP contribution in [0.3, 0.4) is 0 Å². The van der Waals surface area contributed by atoms with Gasteiger partial charge in [0.15, 0.2) is 0 Å². The molecule has 1 nitrogen and oxygen atoms in total. The molecular formula is C22H28N. The summed E-state index contributed by atoms with van der Waals surface area (Å²) in [6.07, 6.45) is 10.7. The molecule has 0 fully saturated rings. The maximum absolute atomic E-state index is 4.92. The zero-order valence-corrected chi connectivity index (χ0v) is 14.6. The minimum absolute atomic E-state index is 1.13. The maximum atomic E-state index is 4.92. The number of unbranched alkanes of at least 4 members (excludes halogenated alkanes) is 6. The molecule has 121 valence electrons. The average Bonchev–Trinajstić information content (AvgIpc) is 2.94. The first-order valence-corrected chi connectivity index (χ1v) is 9.25. The molecule has 0 saturated carbocycles. The van der Waals surface area contributed by atoms with Crippen LogP contribution in [0.5, 0.6) is 0 Å². The topological polar surface area (TPSA) is 14.1 Å². The molecule has 23 heavy (non-hydrogen) atoms. The third-order valence-electron chi connectivity index (χ3n) is 4.97. The maximum Gasteiger partial charge on any atom is 0.0750 e. The van der Waals surface area contributed by atoms with Gasteiger partial charge in [0.2, 0.25) is 0 Å². The Morgan fingerprint density at radius 3 is 2.35 bits per heavy atom. The molecule has 3 rings (SSSR count). The van der Waals surface area contributed by atoms with E-state index in [0.29, 0.717) is 0 Å². The molecule has 0 atom stereocenters. The standard InChI is InChI=1S/C22H28N/c1-3-4-5-6-7-8-9-12-18-17(2)15-16-20-19-13-10-11-14-21(19)23-22(18)20/h10-11,13-16H,3-9,12H2,1-2H3. The van der Waals surface area contributed by atoms with Crippen molar-refractivity contribution in [1.29, 1.82) is 0 Å². The molecule has 0 bridgehead atoms. The fourth-order valence-corrected chi connectivity index (χ4v) is 3.58. The summed E-state index contributed by atoms with van der Waals surface area (Å²) in [5.74, 6) is 0. The van der Waals surface area contributed by atoms with Crippen molar-refractivity contribution < 1.29 is 0 Å². The Labute approximate surface area is 141 Å². The van der Waals surface area contributed by atoms with E-state index in [4.69, 9.17) is 5.32 Å². The van der Waals surface area contributed by atoms with Gasteiger partial charge in [0, 0.05) is 11.1 Å². The number of benzene rings is 2. The van der Waals surface area contributed by atoms with Crippen molar-refractivity contribution in [1.82, 2.24) is 5.32 Å². The van der Waals surface area contributed by atoms with Crippen LogP contribution in [0.25, 0.3) is 11.1 Å². The lowest BCUT2D eigenvalue weighted by molar-refractivity contribution is 0.589. The molecule has 1 aliphatic rings. The number of rotatable bonds is 8. The molecule has 0 saturated heterocycles. The van der Waals surface area contributed by atoms with Crippen molar-refractivity contribution in [3.05, 3.63) is 47.5 Å². The molecular weight excluding hydrogens is 278 g/mol. The summed E-state index contributed by atoms with van der Waals surface area (Å²) >= 11 is 0. The Hall–Kier alpha value is -1.76. The lowest BCUT2D eigenvalue weighted by Gasteiger charge is -2.11. The van der Waals surface area contributed by atoms with E-state index >= 15 is 0 Å². The van der Waals surface area contributed by atoms with Crippen LogP contribution in [0.1, 0.15) is 63.0 Å². The van der Waals surface area contributed by atoms with Crippen molar-refractivity contribution in [2.45, 2.75) is 65.2 Å². The van der Waals surface area contributed by atoms with Gasteiger partial charge < -0.3 is 0 Å². The van der Waals surface area contributed by atoms with Gasteiger partial charge in [-0.1, -0.05) is 75.8 Å². The van der Waals surface area contributed by atoms with Gasteiger partial charge >= 0.3 is 0 Å². The van der Waals surface area contributed by atoms with Crippen LogP contribution in [0.4, 0.5) is 11.4 Å². The molecule has 0 N–H and O–H groups in total. The SMILES string of the molecule is CCCCCCCCCc1c(C)ccc2c1[N]c1ccccc1-2. The van der Waals surface area contributed by atoms with Gasteiger partial charge in [0.25, 0.3) is 0 Å². The van der Waals surface area contributed by atoms with E-state index in [9.17, 15) is 0 Å². The zero-order valence-electron chi connectivity index (χ0n) is 14.6. The summed E-state index contributed by atoms with van der Waals surface area (Å²) in [6.45, 7) is 4.51. The summed E-state index contributed by atoms with van der Waals surface area (Å²) in [5.41, 5.74) is 7.84. The Morgan fingerprint density at radius 1 is 0.783 bits per heavy atom. The van der Waals surface area contributed by atoms with Crippen molar-refractivity contribution in [3.63, 3.8) is 0 Å². The number of fused-ring (bicyclic) bond motifs is 3. The highest BCUT2D eigenvalue weighted by atomic mass is 14.9. The van der Waals surface area contributed by atoms with Crippen molar-refractivity contribution >= 4 is 11.4 Å². The Balaban J connectivity index is 1.63. The van der Waals surface area contributed by atoms with Gasteiger partial charge in [-0.25, -0.2) is 5.32 Å². The zero-order chi connectivity index (χ0) is 16.1. The number of aryl methyl sites for hydroxylation is 1. The second-order valence-electron chi connectivity index (χ2n) is 6.76. The first-order valence-electron chi connectivity index (χ1n) is 9.25. The molecule has 2 aromatic carbocycles. The predicted molar refractivity (Wildman–Crippen MR) is 99.8 cm³/mol. The van der Waals surface area contributed by atoms with E-state index in [1.165, 1.54) is 79.3 Å².